The standard InChI is InChI=1S/C47H61N7O6S/c1-7-53-40-11-10-30-19-34(40)36(43(53)35-20-31(23-48-42(35)28(3)58-6)29-12-14-52-15-16-59-24-32(52)18-29)22-47(4,5)26-60-46(57)37-9-8-13-54(51-37)45(56)38(21-41-49-39(30)25-61-41)50-44(55)33-17-27(33)2/h10-11,19-20,23,25,27-29,32-33,37-38,51H,7-9,12-18,21-22,24,26H2,1-6H3,(H,50,55)/t27-,28-,29+,32-,33-,37-,38-/m0/s1. The number of amides is 2. The van der Waals surface area contributed by atoms with E-state index in [1.165, 1.54) is 27.5 Å². The largest absolute Gasteiger partial charge is 0.464 e. The van der Waals surface area contributed by atoms with Gasteiger partial charge in [-0.1, -0.05) is 26.8 Å². The summed E-state index contributed by atoms with van der Waals surface area (Å²) in [7, 11) is 1.74. The zero-order chi connectivity index (χ0) is 42.6. The van der Waals surface area contributed by atoms with Crippen LogP contribution in [-0.2, 0) is 48.0 Å². The van der Waals surface area contributed by atoms with Crippen LogP contribution in [0.1, 0.15) is 101 Å². The highest BCUT2D eigenvalue weighted by atomic mass is 32.1. The van der Waals surface area contributed by atoms with Gasteiger partial charge in [0, 0.05) is 84.1 Å². The number of hydrogen-bond donors (Lipinski definition) is 2. The lowest BCUT2D eigenvalue weighted by Crippen LogP contribution is -2.60. The van der Waals surface area contributed by atoms with E-state index in [0.717, 1.165) is 96.2 Å². The second kappa shape index (κ2) is 17.2. The van der Waals surface area contributed by atoms with E-state index in [1.54, 1.807) is 7.11 Å². The molecule has 0 unspecified atom stereocenters. The number of carbonyl (C=O) groups is 3. The van der Waals surface area contributed by atoms with E-state index in [1.807, 2.05) is 0 Å². The number of hydrazine groups is 1. The molecular weight excluding hydrogens is 791 g/mol. The van der Waals surface area contributed by atoms with Gasteiger partial charge in [0.25, 0.3) is 5.91 Å². The van der Waals surface area contributed by atoms with Crippen molar-refractivity contribution in [2.75, 3.05) is 46.6 Å². The van der Waals surface area contributed by atoms with E-state index in [4.69, 9.17) is 24.2 Å². The minimum Gasteiger partial charge on any atom is -0.464 e. The number of carbonyl (C=O) groups excluding carboxylic acids is 3. The summed E-state index contributed by atoms with van der Waals surface area (Å²) in [5.41, 5.74) is 11.1. The third-order valence-electron chi connectivity index (χ3n) is 13.8. The van der Waals surface area contributed by atoms with Crippen molar-refractivity contribution in [2.45, 2.75) is 116 Å². The quantitative estimate of drug-likeness (QED) is 0.200. The van der Waals surface area contributed by atoms with Gasteiger partial charge in [-0.25, -0.2) is 10.4 Å². The number of benzene rings is 1. The molecule has 0 spiro atoms. The fourth-order valence-corrected chi connectivity index (χ4v) is 10.9. The van der Waals surface area contributed by atoms with Gasteiger partial charge in [0.15, 0.2) is 0 Å². The molecule has 3 aromatic heterocycles. The molecule has 5 aliphatic rings. The average molecular weight is 852 g/mol. The summed E-state index contributed by atoms with van der Waals surface area (Å²) >= 11 is 1.50. The number of fused-ring (bicyclic) bond motifs is 7. The van der Waals surface area contributed by atoms with E-state index in [9.17, 15) is 14.4 Å². The molecule has 13 nitrogen and oxygen atoms in total. The van der Waals surface area contributed by atoms with Gasteiger partial charge in [-0.15, -0.1) is 11.3 Å². The zero-order valence-electron chi connectivity index (χ0n) is 36.5. The van der Waals surface area contributed by atoms with Crippen LogP contribution in [0.25, 0.3) is 33.4 Å². The van der Waals surface area contributed by atoms with E-state index in [-0.39, 0.29) is 42.8 Å². The molecule has 2 N–H and O–H groups in total. The number of cyclic esters (lactones) is 1. The van der Waals surface area contributed by atoms with Crippen LogP contribution in [-0.4, -0.2) is 107 Å². The predicted molar refractivity (Wildman–Crippen MR) is 235 cm³/mol. The van der Waals surface area contributed by atoms with Crippen LogP contribution in [0.4, 0.5) is 0 Å². The molecule has 4 aromatic rings. The minimum absolute atomic E-state index is 0.0914. The molecule has 4 fully saturated rings. The Balaban J connectivity index is 1.16. The minimum atomic E-state index is -0.828. The first-order chi connectivity index (χ1) is 29.4. The normalized spacial score (nSPS) is 27.5. The van der Waals surface area contributed by atoms with Crippen LogP contribution in [0.5, 0.6) is 0 Å². The van der Waals surface area contributed by atoms with Crippen molar-refractivity contribution in [3.05, 3.63) is 57.7 Å². The first-order valence-corrected chi connectivity index (χ1v) is 23.3. The number of nitrogens with zero attached hydrogens (tertiary/aromatic N) is 5. The Kier molecular flexibility index (Phi) is 11.8. The highest BCUT2D eigenvalue weighted by molar-refractivity contribution is 7.10. The van der Waals surface area contributed by atoms with Crippen molar-refractivity contribution in [3.63, 3.8) is 0 Å². The Morgan fingerprint density at radius 2 is 1.98 bits per heavy atom. The van der Waals surface area contributed by atoms with Crippen molar-refractivity contribution < 1.29 is 28.6 Å². The molecule has 1 aliphatic carbocycles. The number of esters is 1. The third-order valence-corrected chi connectivity index (χ3v) is 14.7. The van der Waals surface area contributed by atoms with Gasteiger partial charge in [0.2, 0.25) is 5.91 Å². The lowest BCUT2D eigenvalue weighted by molar-refractivity contribution is -0.155. The highest BCUT2D eigenvalue weighted by Crippen LogP contribution is 2.44. The van der Waals surface area contributed by atoms with Gasteiger partial charge in [-0.05, 0) is 100 Å². The molecular formula is C47H61N7O6S. The second-order valence-electron chi connectivity index (χ2n) is 18.8. The van der Waals surface area contributed by atoms with Gasteiger partial charge in [0.05, 0.1) is 48.0 Å². The van der Waals surface area contributed by atoms with Crippen molar-refractivity contribution in [1.29, 1.82) is 0 Å². The Bertz CT molecular complexity index is 2310. The van der Waals surface area contributed by atoms with Crippen LogP contribution in [0.2, 0.25) is 0 Å². The van der Waals surface area contributed by atoms with E-state index >= 15 is 0 Å². The number of morpholine rings is 1. The van der Waals surface area contributed by atoms with E-state index in [2.05, 4.69) is 90.7 Å². The average Bonchev–Trinajstić information content (AvgIpc) is 3.70. The van der Waals surface area contributed by atoms with Gasteiger partial charge < -0.3 is 24.1 Å². The monoisotopic (exact) mass is 851 g/mol. The summed E-state index contributed by atoms with van der Waals surface area (Å²) in [6.45, 7) is 15.6. The number of methoxy groups -OCH3 is 1. The van der Waals surface area contributed by atoms with Crippen molar-refractivity contribution in [3.8, 4) is 22.5 Å². The molecule has 3 saturated heterocycles. The Morgan fingerprint density at radius 3 is 2.77 bits per heavy atom. The highest BCUT2D eigenvalue weighted by Gasteiger charge is 2.42. The molecule has 2 amide bonds. The van der Waals surface area contributed by atoms with Crippen molar-refractivity contribution in [1.82, 2.24) is 35.2 Å². The Morgan fingerprint density at radius 1 is 1.15 bits per heavy atom. The molecule has 61 heavy (non-hydrogen) atoms. The van der Waals surface area contributed by atoms with Gasteiger partial charge in [-0.3, -0.25) is 29.3 Å². The summed E-state index contributed by atoms with van der Waals surface area (Å²) in [4.78, 5) is 54.2. The third kappa shape index (κ3) is 8.50. The number of rotatable bonds is 7. The molecule has 0 radical (unpaired) electrons. The number of hydrogen-bond acceptors (Lipinski definition) is 11. The zero-order valence-corrected chi connectivity index (χ0v) is 37.3. The number of nitrogens with one attached hydrogen (secondary N) is 2. The number of pyridine rings is 1. The summed E-state index contributed by atoms with van der Waals surface area (Å²) in [6, 6.07) is 7.87. The molecule has 6 bridgehead atoms. The Labute approximate surface area is 362 Å². The predicted octanol–water partition coefficient (Wildman–Crippen LogP) is 6.44. The topological polar surface area (TPSA) is 140 Å². The number of piperidine rings is 1. The molecule has 4 aliphatic heterocycles. The molecule has 14 heteroatoms. The number of aromatic nitrogens is 3. The van der Waals surface area contributed by atoms with Gasteiger partial charge in [0.1, 0.15) is 12.1 Å². The first-order valence-electron chi connectivity index (χ1n) is 22.4. The number of thiazole rings is 1. The van der Waals surface area contributed by atoms with Crippen LogP contribution < -0.4 is 10.7 Å². The number of aryl methyl sites for hydroxylation is 1. The van der Waals surface area contributed by atoms with Crippen LogP contribution in [0.3, 0.4) is 0 Å². The summed E-state index contributed by atoms with van der Waals surface area (Å²) in [6.07, 6.45) is 6.80. The SMILES string of the molecule is CCn1c(-c2cc([C@@H]3CCN4CCOC[C@@H]4C3)cnc2[C@H](C)OC)c2c3cc(ccc31)-c1csc(n1)C[C@H](NC(=O)[C@H]1C[C@@H]1C)C(=O)N1CCC[C@H](N1)C(=O)OCC(C)(C)C2. The van der Waals surface area contributed by atoms with E-state index in [0.29, 0.717) is 43.7 Å². The lowest BCUT2D eigenvalue weighted by atomic mass is 9.82. The lowest BCUT2D eigenvalue weighted by Gasteiger charge is -2.42. The maximum Gasteiger partial charge on any atom is 0.324 e. The van der Waals surface area contributed by atoms with Crippen molar-refractivity contribution >= 4 is 40.0 Å². The fourth-order valence-electron chi connectivity index (χ4n) is 10.1. The molecule has 326 valence electrons. The summed E-state index contributed by atoms with van der Waals surface area (Å²) < 4.78 is 20.5. The second-order valence-corrected chi connectivity index (χ2v) is 19.8. The molecule has 1 saturated carbocycles. The van der Waals surface area contributed by atoms with Gasteiger partial charge >= 0.3 is 5.97 Å². The Hall–Kier alpha value is -4.21. The van der Waals surface area contributed by atoms with Crippen molar-refractivity contribution in [2.24, 2.45) is 17.3 Å². The smallest absolute Gasteiger partial charge is 0.324 e. The summed E-state index contributed by atoms with van der Waals surface area (Å²) in [5.74, 6) is -0.198. The molecule has 7 heterocycles. The molecule has 7 atom stereocenters. The maximum absolute atomic E-state index is 14.2. The molecule has 1 aromatic carbocycles. The van der Waals surface area contributed by atoms with E-state index < -0.39 is 17.5 Å². The van der Waals surface area contributed by atoms with Crippen LogP contribution in [0, 0.1) is 17.3 Å². The van der Waals surface area contributed by atoms with Crippen LogP contribution in [0.15, 0.2) is 35.8 Å². The maximum atomic E-state index is 14.2. The molecule has 9 rings (SSSR count). The first kappa shape index (κ1) is 42.1. The number of ether oxygens (including phenoxy) is 3. The summed E-state index contributed by atoms with van der Waals surface area (Å²) in [5, 5.41) is 8.49. The van der Waals surface area contributed by atoms with Crippen LogP contribution >= 0.6 is 11.3 Å². The fraction of sp³-hybridized carbons (Fsp3) is 0.596. The van der Waals surface area contributed by atoms with Gasteiger partial charge in [-0.2, -0.15) is 0 Å².